The molecule has 5 nitrogen and oxygen atoms in total. The highest BCUT2D eigenvalue weighted by atomic mass is 32.2. The minimum absolute atomic E-state index is 0.150. The van der Waals surface area contributed by atoms with Gasteiger partial charge in [0.05, 0.1) is 6.20 Å². The summed E-state index contributed by atoms with van der Waals surface area (Å²) in [6.45, 7) is 4.49. The van der Waals surface area contributed by atoms with Crippen LogP contribution in [0.1, 0.15) is 44.9 Å². The SMILES string of the molecule is CCCC1CCCCN1S(=O)(=O)c1cnc(C)[nH]1. The number of hydrogen-bond acceptors (Lipinski definition) is 3. The van der Waals surface area contributed by atoms with Crippen LogP contribution in [0.3, 0.4) is 0 Å². The van der Waals surface area contributed by atoms with Gasteiger partial charge in [0.25, 0.3) is 10.0 Å². The van der Waals surface area contributed by atoms with E-state index in [1.165, 1.54) is 6.20 Å². The predicted octanol–water partition coefficient (Wildman–Crippen LogP) is 2.06. The lowest BCUT2D eigenvalue weighted by molar-refractivity contribution is 0.239. The van der Waals surface area contributed by atoms with Gasteiger partial charge in [-0.1, -0.05) is 19.8 Å². The average Bonchev–Trinajstić information content (AvgIpc) is 2.78. The number of imidazole rings is 1. The van der Waals surface area contributed by atoms with Crippen molar-refractivity contribution in [2.75, 3.05) is 6.54 Å². The molecule has 0 bridgehead atoms. The lowest BCUT2D eigenvalue weighted by Crippen LogP contribution is -2.43. The van der Waals surface area contributed by atoms with Gasteiger partial charge < -0.3 is 4.98 Å². The van der Waals surface area contributed by atoms with E-state index < -0.39 is 10.0 Å². The fourth-order valence-electron chi connectivity index (χ4n) is 2.57. The van der Waals surface area contributed by atoms with E-state index in [-0.39, 0.29) is 11.1 Å². The minimum Gasteiger partial charge on any atom is -0.332 e. The third kappa shape index (κ3) is 2.59. The molecule has 1 atom stereocenters. The average molecular weight is 271 g/mol. The van der Waals surface area contributed by atoms with Crippen molar-refractivity contribution in [1.29, 1.82) is 0 Å². The second-order valence-electron chi connectivity index (χ2n) is 4.89. The molecule has 1 N–H and O–H groups in total. The van der Waals surface area contributed by atoms with Crippen LogP contribution in [0, 0.1) is 6.92 Å². The van der Waals surface area contributed by atoms with E-state index in [9.17, 15) is 8.42 Å². The largest absolute Gasteiger partial charge is 0.332 e. The molecule has 102 valence electrons. The Morgan fingerprint density at radius 1 is 1.50 bits per heavy atom. The highest BCUT2D eigenvalue weighted by Gasteiger charge is 2.33. The van der Waals surface area contributed by atoms with Crippen molar-refractivity contribution >= 4 is 10.0 Å². The third-order valence-corrected chi connectivity index (χ3v) is 5.32. The molecule has 2 rings (SSSR count). The molecule has 6 heteroatoms. The number of H-pyrrole nitrogens is 1. The van der Waals surface area contributed by atoms with Gasteiger partial charge in [-0.25, -0.2) is 13.4 Å². The molecule has 0 spiro atoms. The molecule has 0 saturated carbocycles. The van der Waals surface area contributed by atoms with Crippen LogP contribution < -0.4 is 0 Å². The summed E-state index contributed by atoms with van der Waals surface area (Å²) in [6, 6.07) is 0.150. The highest BCUT2D eigenvalue weighted by molar-refractivity contribution is 7.89. The van der Waals surface area contributed by atoms with Gasteiger partial charge in [-0.15, -0.1) is 0 Å². The lowest BCUT2D eigenvalue weighted by atomic mass is 10.0. The molecule has 1 saturated heterocycles. The molecule has 1 unspecified atom stereocenters. The Hall–Kier alpha value is -0.880. The van der Waals surface area contributed by atoms with Gasteiger partial charge in [-0.2, -0.15) is 4.31 Å². The van der Waals surface area contributed by atoms with Crippen LogP contribution in [0.25, 0.3) is 0 Å². The van der Waals surface area contributed by atoms with Gasteiger partial charge in [-0.3, -0.25) is 0 Å². The quantitative estimate of drug-likeness (QED) is 0.911. The first kappa shape index (κ1) is 13.5. The van der Waals surface area contributed by atoms with Crippen LogP contribution >= 0.6 is 0 Å². The van der Waals surface area contributed by atoms with Gasteiger partial charge in [-0.05, 0) is 26.2 Å². The smallest absolute Gasteiger partial charge is 0.260 e. The van der Waals surface area contributed by atoms with Gasteiger partial charge in [0.15, 0.2) is 5.03 Å². The van der Waals surface area contributed by atoms with Crippen molar-refractivity contribution < 1.29 is 8.42 Å². The summed E-state index contributed by atoms with van der Waals surface area (Å²) >= 11 is 0. The summed E-state index contributed by atoms with van der Waals surface area (Å²) in [5, 5.41) is 0.225. The van der Waals surface area contributed by atoms with Gasteiger partial charge >= 0.3 is 0 Å². The van der Waals surface area contributed by atoms with Crippen LogP contribution in [0.2, 0.25) is 0 Å². The molecule has 18 heavy (non-hydrogen) atoms. The molecule has 1 aromatic heterocycles. The summed E-state index contributed by atoms with van der Waals surface area (Å²) in [6.07, 6.45) is 6.42. The zero-order chi connectivity index (χ0) is 13.2. The fourth-order valence-corrected chi connectivity index (χ4v) is 4.26. The van der Waals surface area contributed by atoms with E-state index in [2.05, 4.69) is 16.9 Å². The van der Waals surface area contributed by atoms with E-state index in [4.69, 9.17) is 0 Å². The topological polar surface area (TPSA) is 66.1 Å². The molecule has 0 radical (unpaired) electrons. The predicted molar refractivity (Wildman–Crippen MR) is 69.8 cm³/mol. The number of aromatic nitrogens is 2. The van der Waals surface area contributed by atoms with E-state index in [0.717, 1.165) is 32.1 Å². The first-order chi connectivity index (χ1) is 8.55. The summed E-state index contributed by atoms with van der Waals surface area (Å²) < 4.78 is 26.7. The fraction of sp³-hybridized carbons (Fsp3) is 0.750. The zero-order valence-electron chi connectivity index (χ0n) is 11.0. The Labute approximate surface area is 109 Å². The second-order valence-corrected chi connectivity index (χ2v) is 6.75. The molecule has 1 aliphatic rings. The number of nitrogens with one attached hydrogen (secondary N) is 1. The Morgan fingerprint density at radius 2 is 2.28 bits per heavy atom. The van der Waals surface area contributed by atoms with Crippen molar-refractivity contribution in [3.05, 3.63) is 12.0 Å². The molecule has 2 heterocycles. The van der Waals surface area contributed by atoms with Crippen LogP contribution in [0.5, 0.6) is 0 Å². The van der Waals surface area contributed by atoms with Crippen LogP contribution in [0.15, 0.2) is 11.2 Å². The molecule has 0 aromatic carbocycles. The molecule has 1 aromatic rings. The van der Waals surface area contributed by atoms with Crippen molar-refractivity contribution in [3.8, 4) is 0 Å². The van der Waals surface area contributed by atoms with Gasteiger partial charge in [0, 0.05) is 12.6 Å². The van der Waals surface area contributed by atoms with Gasteiger partial charge in [0.1, 0.15) is 5.82 Å². The van der Waals surface area contributed by atoms with Crippen LogP contribution in [-0.2, 0) is 10.0 Å². The number of nitrogens with zero attached hydrogens (tertiary/aromatic N) is 2. The molecular weight excluding hydrogens is 250 g/mol. The van der Waals surface area contributed by atoms with E-state index >= 15 is 0 Å². The van der Waals surface area contributed by atoms with Crippen molar-refractivity contribution in [3.63, 3.8) is 0 Å². The van der Waals surface area contributed by atoms with Crippen LogP contribution in [-0.4, -0.2) is 35.3 Å². The number of aryl methyl sites for hydroxylation is 1. The summed E-state index contributed by atoms with van der Waals surface area (Å²) in [7, 11) is -3.40. The molecule has 0 amide bonds. The molecular formula is C12H21N3O2S. The summed E-state index contributed by atoms with van der Waals surface area (Å²) in [5.74, 6) is 0.637. The van der Waals surface area contributed by atoms with E-state index in [0.29, 0.717) is 12.4 Å². The number of hydrogen-bond donors (Lipinski definition) is 1. The van der Waals surface area contributed by atoms with Crippen LogP contribution in [0.4, 0.5) is 0 Å². The van der Waals surface area contributed by atoms with E-state index in [1.54, 1.807) is 11.2 Å². The number of sulfonamides is 1. The molecule has 1 fully saturated rings. The van der Waals surface area contributed by atoms with Gasteiger partial charge in [0.2, 0.25) is 0 Å². The Bertz CT molecular complexity index is 493. The Morgan fingerprint density at radius 3 is 2.89 bits per heavy atom. The van der Waals surface area contributed by atoms with Crippen molar-refractivity contribution in [1.82, 2.24) is 14.3 Å². The standard InChI is InChI=1S/C12H21N3O2S/c1-3-6-11-7-4-5-8-15(11)18(16,17)12-9-13-10(2)14-12/h9,11H,3-8H2,1-2H3,(H,13,14). The monoisotopic (exact) mass is 271 g/mol. The number of aromatic amines is 1. The zero-order valence-corrected chi connectivity index (χ0v) is 11.8. The third-order valence-electron chi connectivity index (χ3n) is 3.46. The molecule has 0 aliphatic carbocycles. The highest BCUT2D eigenvalue weighted by Crippen LogP contribution is 2.26. The maximum absolute atomic E-state index is 12.5. The number of rotatable bonds is 4. The first-order valence-corrected chi connectivity index (χ1v) is 8.03. The maximum Gasteiger partial charge on any atom is 0.260 e. The molecule has 1 aliphatic heterocycles. The maximum atomic E-state index is 12.5. The number of piperidine rings is 1. The normalized spacial score (nSPS) is 22.2. The second kappa shape index (κ2) is 5.40. The lowest BCUT2D eigenvalue weighted by Gasteiger charge is -2.34. The summed E-state index contributed by atoms with van der Waals surface area (Å²) in [5.41, 5.74) is 0. The Kier molecular flexibility index (Phi) is 4.07. The van der Waals surface area contributed by atoms with E-state index in [1.807, 2.05) is 0 Å². The van der Waals surface area contributed by atoms with Crippen molar-refractivity contribution in [2.45, 2.75) is 57.0 Å². The van der Waals surface area contributed by atoms with Crippen molar-refractivity contribution in [2.24, 2.45) is 0 Å². The Balaban J connectivity index is 2.27. The minimum atomic E-state index is -3.40. The summed E-state index contributed by atoms with van der Waals surface area (Å²) in [4.78, 5) is 6.82. The first-order valence-electron chi connectivity index (χ1n) is 6.59.